The molecule has 0 saturated carbocycles. The number of piperazine rings is 2. The minimum absolute atomic E-state index is 0.308. The molecule has 2 N–H and O–H groups in total. The molecule has 21 heavy (non-hydrogen) atoms. The van der Waals surface area contributed by atoms with E-state index in [2.05, 4.69) is 0 Å². The van der Waals surface area contributed by atoms with Crippen LogP contribution in [0.4, 0.5) is 0 Å². The van der Waals surface area contributed by atoms with Gasteiger partial charge < -0.3 is 9.80 Å². The minimum Gasteiger partial charge on any atom is -0.324 e. The van der Waals surface area contributed by atoms with Gasteiger partial charge in [-0.3, -0.25) is 39.4 Å². The zero-order valence-corrected chi connectivity index (χ0v) is 10.9. The molecular weight excluding hydrogens is 284 g/mol. The molecule has 10 nitrogen and oxygen atoms in total. The summed E-state index contributed by atoms with van der Waals surface area (Å²) in [5.41, 5.74) is 0. The topological polar surface area (TPSA) is 133 Å². The standard InChI is InChI=1S/C11H12N4O6/c16-6-2-14(3-7(17)12-6)10(20)1-11(21)15-4-8(18)13-9(19)5-15/h1-5H2,(H,12,16,17)(H,13,18,19). The lowest BCUT2D eigenvalue weighted by atomic mass is 10.2. The lowest BCUT2D eigenvalue weighted by Crippen LogP contribution is -2.56. The van der Waals surface area contributed by atoms with Crippen LogP contribution >= 0.6 is 0 Å². The lowest BCUT2D eigenvalue weighted by Gasteiger charge is -2.28. The first-order chi connectivity index (χ1) is 9.85. The summed E-state index contributed by atoms with van der Waals surface area (Å²) < 4.78 is 0. The predicted molar refractivity (Wildman–Crippen MR) is 64.1 cm³/mol. The molecule has 2 saturated heterocycles. The van der Waals surface area contributed by atoms with Crippen LogP contribution in [0.1, 0.15) is 6.42 Å². The highest BCUT2D eigenvalue weighted by Gasteiger charge is 2.31. The fourth-order valence-electron chi connectivity index (χ4n) is 1.98. The molecule has 0 spiro atoms. The first-order valence-electron chi connectivity index (χ1n) is 6.06. The summed E-state index contributed by atoms with van der Waals surface area (Å²) in [4.78, 5) is 70.2. The van der Waals surface area contributed by atoms with Crippen LogP contribution in [-0.4, -0.2) is 71.4 Å². The van der Waals surface area contributed by atoms with Gasteiger partial charge in [-0.2, -0.15) is 0 Å². The van der Waals surface area contributed by atoms with Gasteiger partial charge in [0.15, 0.2) is 0 Å². The summed E-state index contributed by atoms with van der Waals surface area (Å²) in [6.07, 6.45) is -0.610. The van der Waals surface area contributed by atoms with E-state index in [0.717, 1.165) is 9.80 Å². The molecule has 2 aliphatic rings. The van der Waals surface area contributed by atoms with Crippen molar-refractivity contribution in [3.63, 3.8) is 0 Å². The van der Waals surface area contributed by atoms with Gasteiger partial charge in [0.2, 0.25) is 35.4 Å². The van der Waals surface area contributed by atoms with Crippen LogP contribution < -0.4 is 10.6 Å². The van der Waals surface area contributed by atoms with Gasteiger partial charge in [-0.1, -0.05) is 0 Å². The van der Waals surface area contributed by atoms with Gasteiger partial charge in [-0.25, -0.2) is 0 Å². The van der Waals surface area contributed by atoms with E-state index in [1.54, 1.807) is 0 Å². The molecule has 0 bridgehead atoms. The number of carbonyl (C=O) groups is 6. The molecule has 6 amide bonds. The summed E-state index contributed by atoms with van der Waals surface area (Å²) in [5.74, 6) is -3.92. The van der Waals surface area contributed by atoms with Gasteiger partial charge in [0.05, 0.1) is 0 Å². The van der Waals surface area contributed by atoms with Gasteiger partial charge in [-0.15, -0.1) is 0 Å². The van der Waals surface area contributed by atoms with Crippen molar-refractivity contribution in [1.82, 2.24) is 20.4 Å². The highest BCUT2D eigenvalue weighted by atomic mass is 16.2. The third kappa shape index (κ3) is 3.61. The van der Waals surface area contributed by atoms with Crippen molar-refractivity contribution in [2.75, 3.05) is 26.2 Å². The average molecular weight is 296 g/mol. The van der Waals surface area contributed by atoms with Gasteiger partial charge >= 0.3 is 0 Å². The molecule has 2 rings (SSSR count). The highest BCUT2D eigenvalue weighted by Crippen LogP contribution is 2.04. The molecule has 0 aliphatic carbocycles. The summed E-state index contributed by atoms with van der Waals surface area (Å²) in [7, 11) is 0. The molecule has 2 heterocycles. The average Bonchev–Trinajstić information content (AvgIpc) is 2.36. The van der Waals surface area contributed by atoms with Gasteiger partial charge in [0.1, 0.15) is 32.6 Å². The number of imide groups is 2. The first kappa shape index (κ1) is 14.6. The number of hydrogen-bond acceptors (Lipinski definition) is 6. The zero-order valence-electron chi connectivity index (χ0n) is 10.9. The number of nitrogens with zero attached hydrogens (tertiary/aromatic N) is 2. The molecule has 2 aliphatic heterocycles. The zero-order chi connectivity index (χ0) is 15.6. The van der Waals surface area contributed by atoms with E-state index in [1.165, 1.54) is 0 Å². The van der Waals surface area contributed by atoms with Crippen molar-refractivity contribution >= 4 is 35.4 Å². The Kier molecular flexibility index (Phi) is 3.96. The van der Waals surface area contributed by atoms with E-state index in [1.807, 2.05) is 10.6 Å². The van der Waals surface area contributed by atoms with Gasteiger partial charge in [0.25, 0.3) is 0 Å². The second-order valence-electron chi connectivity index (χ2n) is 4.62. The van der Waals surface area contributed by atoms with Crippen LogP contribution in [0.5, 0.6) is 0 Å². The molecule has 112 valence electrons. The quantitative estimate of drug-likeness (QED) is 0.399. The van der Waals surface area contributed by atoms with E-state index in [4.69, 9.17) is 0 Å². The van der Waals surface area contributed by atoms with Crippen molar-refractivity contribution < 1.29 is 28.8 Å². The third-order valence-corrected chi connectivity index (χ3v) is 2.90. The molecular formula is C11H12N4O6. The Morgan fingerprint density at radius 3 is 1.29 bits per heavy atom. The molecule has 0 unspecified atom stereocenters. The largest absolute Gasteiger partial charge is 0.324 e. The Labute approximate surface area is 118 Å². The fraction of sp³-hybridized carbons (Fsp3) is 0.455. The Morgan fingerprint density at radius 1 is 0.714 bits per heavy atom. The van der Waals surface area contributed by atoms with E-state index < -0.39 is 41.9 Å². The Balaban J connectivity index is 1.94. The number of hydrogen-bond donors (Lipinski definition) is 2. The van der Waals surface area contributed by atoms with Crippen LogP contribution in [0.3, 0.4) is 0 Å². The number of rotatable bonds is 2. The SMILES string of the molecule is O=C1CN(C(=O)CC(=O)N2CC(=O)NC(=O)C2)CC(=O)N1. The summed E-state index contributed by atoms with van der Waals surface area (Å²) in [6, 6.07) is 0. The normalized spacial score (nSPS) is 19.2. The second kappa shape index (κ2) is 5.69. The van der Waals surface area contributed by atoms with Crippen LogP contribution in [0.15, 0.2) is 0 Å². The molecule has 2 fully saturated rings. The van der Waals surface area contributed by atoms with E-state index in [0.29, 0.717) is 0 Å². The van der Waals surface area contributed by atoms with Crippen LogP contribution in [0, 0.1) is 0 Å². The maximum atomic E-state index is 11.9. The smallest absolute Gasteiger partial charge is 0.246 e. The summed E-state index contributed by atoms with van der Waals surface area (Å²) in [6.45, 7) is -1.23. The fourth-order valence-corrected chi connectivity index (χ4v) is 1.98. The van der Waals surface area contributed by atoms with Crippen molar-refractivity contribution in [2.24, 2.45) is 0 Å². The van der Waals surface area contributed by atoms with Crippen molar-refractivity contribution in [2.45, 2.75) is 6.42 Å². The molecule has 0 aromatic heterocycles. The first-order valence-corrected chi connectivity index (χ1v) is 6.06. The highest BCUT2D eigenvalue weighted by molar-refractivity contribution is 6.07. The van der Waals surface area contributed by atoms with Crippen LogP contribution in [0.25, 0.3) is 0 Å². The minimum atomic E-state index is -0.707. The second-order valence-corrected chi connectivity index (χ2v) is 4.62. The molecule has 10 heteroatoms. The summed E-state index contributed by atoms with van der Waals surface area (Å²) in [5, 5.41) is 4.06. The third-order valence-electron chi connectivity index (χ3n) is 2.90. The maximum absolute atomic E-state index is 11.9. The van der Waals surface area contributed by atoms with Crippen molar-refractivity contribution in [3.05, 3.63) is 0 Å². The van der Waals surface area contributed by atoms with E-state index in [9.17, 15) is 28.8 Å². The Hall–Kier alpha value is -2.78. The van der Waals surface area contributed by atoms with Crippen LogP contribution in [-0.2, 0) is 28.8 Å². The Bertz CT molecular complexity index is 477. The lowest BCUT2D eigenvalue weighted by molar-refractivity contribution is -0.151. The van der Waals surface area contributed by atoms with Crippen molar-refractivity contribution in [3.8, 4) is 0 Å². The van der Waals surface area contributed by atoms with Gasteiger partial charge in [-0.05, 0) is 0 Å². The summed E-state index contributed by atoms with van der Waals surface area (Å²) >= 11 is 0. The monoisotopic (exact) mass is 296 g/mol. The number of nitrogens with one attached hydrogen (secondary N) is 2. The number of carbonyl (C=O) groups excluding carboxylic acids is 6. The number of amides is 6. The molecule has 0 aromatic rings. The Morgan fingerprint density at radius 2 is 1.00 bits per heavy atom. The van der Waals surface area contributed by atoms with E-state index in [-0.39, 0.29) is 26.2 Å². The van der Waals surface area contributed by atoms with Crippen molar-refractivity contribution in [1.29, 1.82) is 0 Å². The molecule has 0 aromatic carbocycles. The predicted octanol–water partition coefficient (Wildman–Crippen LogP) is -3.65. The molecule has 0 radical (unpaired) electrons. The molecule has 0 atom stereocenters. The van der Waals surface area contributed by atoms with Gasteiger partial charge in [0, 0.05) is 0 Å². The maximum Gasteiger partial charge on any atom is 0.246 e. The van der Waals surface area contributed by atoms with E-state index >= 15 is 0 Å². The van der Waals surface area contributed by atoms with Crippen LogP contribution in [0.2, 0.25) is 0 Å².